The smallest absolute Gasteiger partial charge is 0.335 e. The number of nitrogens with one attached hydrogen (secondary N) is 2. The lowest BCUT2D eigenvalue weighted by Crippen LogP contribution is -2.34. The van der Waals surface area contributed by atoms with Crippen LogP contribution >= 0.6 is 28.1 Å². The summed E-state index contributed by atoms with van der Waals surface area (Å²) in [6.45, 7) is 0. The molecule has 0 bridgehead atoms. The van der Waals surface area contributed by atoms with Crippen LogP contribution in [-0.2, 0) is 0 Å². The van der Waals surface area contributed by atoms with Gasteiger partial charge in [0.15, 0.2) is 5.11 Å². The lowest BCUT2D eigenvalue weighted by atomic mass is 10.1. The topological polar surface area (TPSA) is 78.4 Å². The Kier molecular flexibility index (Phi) is 5.29. The van der Waals surface area contributed by atoms with Crippen molar-refractivity contribution < 1.29 is 14.7 Å². The SMILES string of the molecule is O=C(O)c1ccc(Br)c(NC(=S)NC(=O)c2ccc3ccccc3c2)c1. The number of carbonyl (C=O) groups is 2. The summed E-state index contributed by atoms with van der Waals surface area (Å²) in [5.41, 5.74) is 1.04. The van der Waals surface area contributed by atoms with Crippen LogP contribution in [-0.4, -0.2) is 22.1 Å². The summed E-state index contributed by atoms with van der Waals surface area (Å²) in [6.07, 6.45) is 0. The zero-order valence-electron chi connectivity index (χ0n) is 13.3. The summed E-state index contributed by atoms with van der Waals surface area (Å²) in [7, 11) is 0. The molecule has 3 aromatic rings. The van der Waals surface area contributed by atoms with E-state index in [2.05, 4.69) is 26.6 Å². The lowest BCUT2D eigenvalue weighted by molar-refractivity contribution is 0.0696. The Morgan fingerprint density at radius 1 is 0.923 bits per heavy atom. The number of rotatable bonds is 3. The first-order chi connectivity index (χ1) is 12.4. The van der Waals surface area contributed by atoms with E-state index in [1.807, 2.05) is 30.3 Å². The van der Waals surface area contributed by atoms with Crippen LogP contribution in [0.25, 0.3) is 10.8 Å². The highest BCUT2D eigenvalue weighted by atomic mass is 79.9. The van der Waals surface area contributed by atoms with E-state index in [1.54, 1.807) is 18.2 Å². The number of thiocarbonyl (C=S) groups is 1. The zero-order valence-corrected chi connectivity index (χ0v) is 15.7. The standard InChI is InChI=1S/C19H13BrN2O3S/c20-15-8-7-14(18(24)25)10-16(15)21-19(26)22-17(23)13-6-5-11-3-1-2-4-12(11)9-13/h1-10H,(H,24,25)(H2,21,22,23,26). The first kappa shape index (κ1) is 18.0. The predicted molar refractivity (Wildman–Crippen MR) is 109 cm³/mol. The molecule has 0 fully saturated rings. The van der Waals surface area contributed by atoms with Crippen LogP contribution in [0.5, 0.6) is 0 Å². The van der Waals surface area contributed by atoms with Gasteiger partial charge in [-0.1, -0.05) is 30.3 Å². The Morgan fingerprint density at radius 3 is 2.35 bits per heavy atom. The molecule has 0 radical (unpaired) electrons. The molecule has 130 valence electrons. The van der Waals surface area contributed by atoms with Crippen LogP contribution < -0.4 is 10.6 Å². The molecule has 0 heterocycles. The minimum Gasteiger partial charge on any atom is -0.478 e. The summed E-state index contributed by atoms with van der Waals surface area (Å²) < 4.78 is 0.629. The Morgan fingerprint density at radius 2 is 1.62 bits per heavy atom. The van der Waals surface area contributed by atoms with Gasteiger partial charge in [-0.05, 0) is 69.3 Å². The maximum Gasteiger partial charge on any atom is 0.335 e. The van der Waals surface area contributed by atoms with Crippen molar-refractivity contribution in [2.45, 2.75) is 0 Å². The Hall–Kier alpha value is -2.77. The molecule has 0 aliphatic heterocycles. The van der Waals surface area contributed by atoms with Crippen LogP contribution in [0.1, 0.15) is 20.7 Å². The molecule has 3 N–H and O–H groups in total. The molecule has 0 aromatic heterocycles. The van der Waals surface area contributed by atoms with Gasteiger partial charge in [0, 0.05) is 10.0 Å². The second-order valence-electron chi connectivity index (χ2n) is 5.47. The number of hydrogen-bond donors (Lipinski definition) is 3. The fraction of sp³-hybridized carbons (Fsp3) is 0. The van der Waals surface area contributed by atoms with Gasteiger partial charge in [-0.25, -0.2) is 4.79 Å². The van der Waals surface area contributed by atoms with Crippen LogP contribution in [0.4, 0.5) is 5.69 Å². The third-order valence-corrected chi connectivity index (χ3v) is 4.60. The molecule has 5 nitrogen and oxygen atoms in total. The monoisotopic (exact) mass is 428 g/mol. The average molecular weight is 429 g/mol. The third-order valence-electron chi connectivity index (χ3n) is 3.70. The maximum absolute atomic E-state index is 12.4. The highest BCUT2D eigenvalue weighted by Gasteiger charge is 2.11. The van der Waals surface area contributed by atoms with Gasteiger partial charge in [-0.2, -0.15) is 0 Å². The van der Waals surface area contributed by atoms with Gasteiger partial charge in [-0.3, -0.25) is 10.1 Å². The predicted octanol–water partition coefficient (Wildman–Crippen LogP) is 4.43. The van der Waals surface area contributed by atoms with Crippen LogP contribution in [0, 0.1) is 0 Å². The highest BCUT2D eigenvalue weighted by Crippen LogP contribution is 2.23. The number of amides is 1. The van der Waals surface area contributed by atoms with Crippen molar-refractivity contribution in [3.05, 3.63) is 76.3 Å². The van der Waals surface area contributed by atoms with E-state index in [1.165, 1.54) is 12.1 Å². The molecule has 0 aliphatic carbocycles. The number of hydrogen-bond acceptors (Lipinski definition) is 3. The second kappa shape index (κ2) is 7.63. The largest absolute Gasteiger partial charge is 0.478 e. The van der Waals surface area contributed by atoms with E-state index in [-0.39, 0.29) is 16.6 Å². The fourth-order valence-corrected chi connectivity index (χ4v) is 2.96. The van der Waals surface area contributed by atoms with Gasteiger partial charge in [0.2, 0.25) is 0 Å². The summed E-state index contributed by atoms with van der Waals surface area (Å²) in [5.74, 6) is -1.40. The summed E-state index contributed by atoms with van der Waals surface area (Å²) in [5, 5.41) is 16.6. The molecule has 3 aromatic carbocycles. The Balaban J connectivity index is 1.74. The fourth-order valence-electron chi connectivity index (χ4n) is 2.41. The van der Waals surface area contributed by atoms with E-state index in [0.29, 0.717) is 15.7 Å². The van der Waals surface area contributed by atoms with Crippen molar-refractivity contribution >= 4 is 61.6 Å². The number of halogens is 1. The number of carbonyl (C=O) groups excluding carboxylic acids is 1. The zero-order chi connectivity index (χ0) is 18.7. The molecule has 0 saturated heterocycles. The number of carboxylic acid groups (broad SMARTS) is 1. The average Bonchev–Trinajstić information content (AvgIpc) is 2.62. The highest BCUT2D eigenvalue weighted by molar-refractivity contribution is 9.10. The lowest BCUT2D eigenvalue weighted by Gasteiger charge is -2.12. The number of carboxylic acids is 1. The van der Waals surface area contributed by atoms with Crippen molar-refractivity contribution in [2.75, 3.05) is 5.32 Å². The summed E-state index contributed by atoms with van der Waals surface area (Å²) in [6, 6.07) is 17.6. The quantitative estimate of drug-likeness (QED) is 0.537. The van der Waals surface area contributed by atoms with Crippen molar-refractivity contribution in [1.82, 2.24) is 5.32 Å². The molecule has 1 amide bonds. The minimum atomic E-state index is -1.05. The van der Waals surface area contributed by atoms with E-state index < -0.39 is 5.97 Å². The molecule has 26 heavy (non-hydrogen) atoms. The van der Waals surface area contributed by atoms with E-state index in [9.17, 15) is 9.59 Å². The van der Waals surface area contributed by atoms with Crippen LogP contribution in [0.3, 0.4) is 0 Å². The van der Waals surface area contributed by atoms with Gasteiger partial charge in [0.1, 0.15) is 0 Å². The van der Waals surface area contributed by atoms with Crippen molar-refractivity contribution in [3.63, 3.8) is 0 Å². The molecule has 0 aliphatic rings. The number of fused-ring (bicyclic) bond motifs is 1. The molecule has 0 atom stereocenters. The van der Waals surface area contributed by atoms with Crippen molar-refractivity contribution in [1.29, 1.82) is 0 Å². The van der Waals surface area contributed by atoms with Gasteiger partial charge in [0.05, 0.1) is 11.3 Å². The Bertz CT molecular complexity index is 1040. The molecular formula is C19H13BrN2O3S. The van der Waals surface area contributed by atoms with Crippen molar-refractivity contribution in [3.8, 4) is 0 Å². The van der Waals surface area contributed by atoms with Gasteiger partial charge in [0.25, 0.3) is 5.91 Å². The summed E-state index contributed by atoms with van der Waals surface area (Å²) in [4.78, 5) is 23.5. The van der Waals surface area contributed by atoms with Gasteiger partial charge >= 0.3 is 5.97 Å². The minimum absolute atomic E-state index is 0.0754. The molecule has 0 saturated carbocycles. The van der Waals surface area contributed by atoms with Crippen LogP contribution in [0.15, 0.2) is 65.1 Å². The van der Waals surface area contributed by atoms with E-state index in [4.69, 9.17) is 17.3 Å². The van der Waals surface area contributed by atoms with Gasteiger partial charge in [-0.15, -0.1) is 0 Å². The third kappa shape index (κ3) is 4.07. The molecule has 3 rings (SSSR count). The number of anilines is 1. The molecule has 0 unspecified atom stereocenters. The number of aromatic carboxylic acids is 1. The maximum atomic E-state index is 12.4. The Labute approximate surface area is 163 Å². The molecule has 0 spiro atoms. The first-order valence-corrected chi connectivity index (χ1v) is 8.78. The van der Waals surface area contributed by atoms with Crippen molar-refractivity contribution in [2.24, 2.45) is 0 Å². The van der Waals surface area contributed by atoms with Gasteiger partial charge < -0.3 is 10.4 Å². The van der Waals surface area contributed by atoms with E-state index >= 15 is 0 Å². The normalized spacial score (nSPS) is 10.3. The van der Waals surface area contributed by atoms with Crippen LogP contribution in [0.2, 0.25) is 0 Å². The second-order valence-corrected chi connectivity index (χ2v) is 6.73. The first-order valence-electron chi connectivity index (χ1n) is 7.58. The molecular weight excluding hydrogens is 416 g/mol. The summed E-state index contributed by atoms with van der Waals surface area (Å²) >= 11 is 8.48. The molecule has 7 heteroatoms. The van der Waals surface area contributed by atoms with E-state index in [0.717, 1.165) is 10.8 Å². The number of benzene rings is 3.